The maximum atomic E-state index is 12.1. The molecule has 2 aromatic carbocycles. The average molecular weight is 429 g/mol. The molecular weight excluding hydrogens is 417 g/mol. The molecule has 3 rings (SSSR count). The Morgan fingerprint density at radius 1 is 1.12 bits per heavy atom. The summed E-state index contributed by atoms with van der Waals surface area (Å²) in [5.41, 5.74) is 1.17. The number of hydrogen-bond donors (Lipinski definition) is 2. The lowest BCUT2D eigenvalue weighted by Gasteiger charge is -2.07. The fourth-order valence-corrected chi connectivity index (χ4v) is 3.34. The molecule has 1 aromatic heterocycles. The van der Waals surface area contributed by atoms with E-state index in [4.69, 9.17) is 40.6 Å². The van der Waals surface area contributed by atoms with Crippen molar-refractivity contribution in [1.29, 1.82) is 0 Å². The van der Waals surface area contributed by atoms with Gasteiger partial charge in [-0.3, -0.25) is 4.79 Å². The number of halogens is 3. The molecule has 0 spiro atoms. The van der Waals surface area contributed by atoms with Gasteiger partial charge in [-0.05, 0) is 36.4 Å². The molecule has 6 nitrogen and oxygen atoms in total. The van der Waals surface area contributed by atoms with E-state index in [0.29, 0.717) is 37.3 Å². The zero-order valence-electron chi connectivity index (χ0n) is 13.1. The number of nitrogen functional groups attached to an aromatic ring is 1. The van der Waals surface area contributed by atoms with Gasteiger partial charge in [-0.1, -0.05) is 52.6 Å². The molecule has 0 aliphatic rings. The monoisotopic (exact) mass is 427 g/mol. The van der Waals surface area contributed by atoms with Gasteiger partial charge in [-0.2, -0.15) is 0 Å². The lowest BCUT2D eigenvalue weighted by Crippen LogP contribution is -2.16. The number of anilines is 1. The van der Waals surface area contributed by atoms with Crippen LogP contribution in [0.1, 0.15) is 0 Å². The van der Waals surface area contributed by atoms with Crippen molar-refractivity contribution in [3.8, 4) is 11.4 Å². The summed E-state index contributed by atoms with van der Waals surface area (Å²) in [5.74, 6) is 6.27. The first kappa shape index (κ1) is 18.8. The predicted molar refractivity (Wildman–Crippen MR) is 106 cm³/mol. The maximum absolute atomic E-state index is 12.1. The van der Waals surface area contributed by atoms with Crippen molar-refractivity contribution in [3.05, 3.63) is 57.5 Å². The Labute approximate surface area is 168 Å². The molecule has 0 bridgehead atoms. The van der Waals surface area contributed by atoms with E-state index in [1.165, 1.54) is 4.68 Å². The van der Waals surface area contributed by atoms with Crippen LogP contribution in [0.4, 0.5) is 5.69 Å². The Bertz CT molecular complexity index is 963. The van der Waals surface area contributed by atoms with E-state index in [0.717, 1.165) is 11.8 Å². The second-order valence-corrected chi connectivity index (χ2v) is 7.37. The Kier molecular flexibility index (Phi) is 5.93. The van der Waals surface area contributed by atoms with Gasteiger partial charge in [0, 0.05) is 21.3 Å². The summed E-state index contributed by atoms with van der Waals surface area (Å²) in [6, 6.07) is 11.9. The van der Waals surface area contributed by atoms with Crippen LogP contribution < -0.4 is 11.2 Å². The molecule has 26 heavy (non-hydrogen) atoms. The number of carbonyl (C=O) groups excluding carboxylic acids is 1. The molecule has 1 amide bonds. The number of nitrogens with zero attached hydrogens (tertiary/aromatic N) is 3. The lowest BCUT2D eigenvalue weighted by atomic mass is 10.2. The quantitative estimate of drug-likeness (QED) is 0.466. The van der Waals surface area contributed by atoms with Crippen molar-refractivity contribution in [1.82, 2.24) is 14.9 Å². The Morgan fingerprint density at radius 3 is 2.65 bits per heavy atom. The summed E-state index contributed by atoms with van der Waals surface area (Å²) < 4.78 is 1.27. The highest BCUT2D eigenvalue weighted by atomic mass is 35.5. The van der Waals surface area contributed by atoms with Crippen LogP contribution in [0.25, 0.3) is 11.4 Å². The first-order chi connectivity index (χ1) is 12.4. The highest BCUT2D eigenvalue weighted by Gasteiger charge is 2.16. The lowest BCUT2D eigenvalue weighted by molar-refractivity contribution is -0.113. The van der Waals surface area contributed by atoms with Crippen molar-refractivity contribution in [3.63, 3.8) is 0 Å². The SMILES string of the molecule is Nn1c(SCC(=O)Nc2cccc(Cl)c2)nnc1-c1cc(Cl)ccc1Cl. The van der Waals surface area contributed by atoms with Crippen LogP contribution in [-0.2, 0) is 4.79 Å². The Balaban J connectivity index is 1.69. The number of hydrogen-bond acceptors (Lipinski definition) is 5. The first-order valence-electron chi connectivity index (χ1n) is 7.28. The second-order valence-electron chi connectivity index (χ2n) is 5.15. The first-order valence-corrected chi connectivity index (χ1v) is 9.40. The highest BCUT2D eigenvalue weighted by molar-refractivity contribution is 7.99. The molecule has 0 saturated carbocycles. The summed E-state index contributed by atoms with van der Waals surface area (Å²) >= 11 is 19.2. The Morgan fingerprint density at radius 2 is 1.88 bits per heavy atom. The van der Waals surface area contributed by atoms with Gasteiger partial charge in [-0.15, -0.1) is 10.2 Å². The van der Waals surface area contributed by atoms with Gasteiger partial charge in [0.25, 0.3) is 0 Å². The molecule has 0 atom stereocenters. The van der Waals surface area contributed by atoms with E-state index >= 15 is 0 Å². The molecule has 134 valence electrons. The van der Waals surface area contributed by atoms with Crippen LogP contribution in [0, 0.1) is 0 Å². The number of benzene rings is 2. The van der Waals surface area contributed by atoms with Gasteiger partial charge in [0.15, 0.2) is 5.82 Å². The van der Waals surface area contributed by atoms with Gasteiger partial charge in [0.1, 0.15) is 0 Å². The number of amides is 1. The van der Waals surface area contributed by atoms with Crippen molar-refractivity contribution < 1.29 is 4.79 Å². The van der Waals surface area contributed by atoms with Gasteiger partial charge >= 0.3 is 0 Å². The number of nitrogens with two attached hydrogens (primary N) is 1. The summed E-state index contributed by atoms with van der Waals surface area (Å²) in [4.78, 5) is 12.1. The normalized spacial score (nSPS) is 10.7. The average Bonchev–Trinajstić information content (AvgIpc) is 2.96. The van der Waals surface area contributed by atoms with Gasteiger partial charge < -0.3 is 11.2 Å². The van der Waals surface area contributed by atoms with E-state index in [1.54, 1.807) is 42.5 Å². The molecular formula is C16H12Cl3N5OS. The smallest absolute Gasteiger partial charge is 0.234 e. The van der Waals surface area contributed by atoms with E-state index in [9.17, 15) is 4.79 Å². The summed E-state index contributed by atoms with van der Waals surface area (Å²) in [6.45, 7) is 0. The second kappa shape index (κ2) is 8.18. The van der Waals surface area contributed by atoms with Crippen molar-refractivity contribution in [2.24, 2.45) is 0 Å². The summed E-state index contributed by atoms with van der Waals surface area (Å²) in [5, 5.41) is 12.7. The molecule has 10 heteroatoms. The largest absolute Gasteiger partial charge is 0.335 e. The topological polar surface area (TPSA) is 85.8 Å². The molecule has 1 heterocycles. The third kappa shape index (κ3) is 4.42. The minimum absolute atomic E-state index is 0.102. The number of aromatic nitrogens is 3. The molecule has 3 aromatic rings. The summed E-state index contributed by atoms with van der Waals surface area (Å²) in [6.07, 6.45) is 0. The van der Waals surface area contributed by atoms with Gasteiger partial charge in [0.05, 0.1) is 10.8 Å². The van der Waals surface area contributed by atoms with Crippen LogP contribution in [0.3, 0.4) is 0 Å². The van der Waals surface area contributed by atoms with Crippen molar-refractivity contribution in [2.75, 3.05) is 16.9 Å². The highest BCUT2D eigenvalue weighted by Crippen LogP contribution is 2.30. The number of rotatable bonds is 5. The van der Waals surface area contributed by atoms with Gasteiger partial charge in [0.2, 0.25) is 11.1 Å². The minimum atomic E-state index is -0.220. The molecule has 0 aliphatic heterocycles. The molecule has 0 radical (unpaired) electrons. The van der Waals surface area contributed by atoms with E-state index in [1.807, 2.05) is 0 Å². The molecule has 0 unspecified atom stereocenters. The van der Waals surface area contributed by atoms with E-state index < -0.39 is 0 Å². The third-order valence-electron chi connectivity index (χ3n) is 3.27. The third-order valence-corrected chi connectivity index (χ3v) is 5.02. The maximum Gasteiger partial charge on any atom is 0.234 e. The fourth-order valence-electron chi connectivity index (χ4n) is 2.12. The molecule has 3 N–H and O–H groups in total. The zero-order chi connectivity index (χ0) is 18.7. The van der Waals surface area contributed by atoms with Gasteiger partial charge in [-0.25, -0.2) is 4.68 Å². The number of carbonyl (C=O) groups is 1. The van der Waals surface area contributed by atoms with Crippen molar-refractivity contribution >= 4 is 58.2 Å². The molecule has 0 fully saturated rings. The minimum Gasteiger partial charge on any atom is -0.335 e. The van der Waals surface area contributed by atoms with E-state index in [-0.39, 0.29) is 11.7 Å². The zero-order valence-corrected chi connectivity index (χ0v) is 16.2. The van der Waals surface area contributed by atoms with Crippen LogP contribution in [0.2, 0.25) is 15.1 Å². The predicted octanol–water partition coefficient (Wildman–Crippen LogP) is 4.35. The number of nitrogens with one attached hydrogen (secondary N) is 1. The molecule has 0 aliphatic carbocycles. The van der Waals surface area contributed by atoms with E-state index in [2.05, 4.69) is 15.5 Å². The van der Waals surface area contributed by atoms with Crippen LogP contribution in [0.5, 0.6) is 0 Å². The van der Waals surface area contributed by atoms with Crippen LogP contribution in [0.15, 0.2) is 47.6 Å². The van der Waals surface area contributed by atoms with Crippen LogP contribution >= 0.6 is 46.6 Å². The Hall–Kier alpha value is -1.93. The molecule has 0 saturated heterocycles. The summed E-state index contributed by atoms with van der Waals surface area (Å²) in [7, 11) is 0. The standard InChI is InChI=1S/C16H12Cl3N5OS/c17-9-2-1-3-11(6-9)21-14(25)8-26-16-23-22-15(24(16)20)12-7-10(18)4-5-13(12)19/h1-7H,8,20H2,(H,21,25). The fraction of sp³-hybridized carbons (Fsp3) is 0.0625. The van der Waals surface area contributed by atoms with Crippen molar-refractivity contribution in [2.45, 2.75) is 5.16 Å². The number of thioether (sulfide) groups is 1. The van der Waals surface area contributed by atoms with Crippen LogP contribution in [-0.4, -0.2) is 26.5 Å².